The molecule has 1 aliphatic heterocycles. The lowest BCUT2D eigenvalue weighted by molar-refractivity contribution is -0.137. The topological polar surface area (TPSA) is 58.1 Å². The van der Waals surface area contributed by atoms with E-state index < -0.39 is 11.7 Å². The van der Waals surface area contributed by atoms with Gasteiger partial charge in [0, 0.05) is 31.5 Å². The van der Waals surface area contributed by atoms with Gasteiger partial charge in [-0.05, 0) is 31.0 Å². The first-order chi connectivity index (χ1) is 12.3. The van der Waals surface area contributed by atoms with Gasteiger partial charge in [-0.25, -0.2) is 4.98 Å². The number of hydrogen-bond donors (Lipinski definition) is 1. The van der Waals surface area contributed by atoms with Crippen LogP contribution < -0.4 is 10.2 Å². The number of amides is 1. The summed E-state index contributed by atoms with van der Waals surface area (Å²) in [4.78, 5) is 21.8. The zero-order valence-electron chi connectivity index (χ0n) is 13.6. The summed E-state index contributed by atoms with van der Waals surface area (Å²) >= 11 is 5.99. The molecular weight excluding hydrogens is 369 g/mol. The maximum Gasteiger partial charge on any atom is 0.417 e. The summed E-state index contributed by atoms with van der Waals surface area (Å²) in [5.74, 6) is 0.0870. The van der Waals surface area contributed by atoms with Crippen molar-refractivity contribution in [1.82, 2.24) is 15.3 Å². The number of anilines is 1. The summed E-state index contributed by atoms with van der Waals surface area (Å²) in [6.45, 7) is 1.07. The largest absolute Gasteiger partial charge is 0.417 e. The van der Waals surface area contributed by atoms with E-state index in [1.807, 2.05) is 4.90 Å². The van der Waals surface area contributed by atoms with Crippen molar-refractivity contribution < 1.29 is 18.0 Å². The molecule has 0 saturated carbocycles. The molecule has 26 heavy (non-hydrogen) atoms. The standard InChI is InChI=1S/C17H16ClF3N4O/c18-13-9-11(17(19,20)21)10-23-15(13)25-7-4-12(5-8-25)24-16(26)14-3-1-2-6-22-14/h1-3,6,9-10,12H,4-5,7-8H2,(H,24,26). The zero-order valence-corrected chi connectivity index (χ0v) is 14.4. The van der Waals surface area contributed by atoms with Crippen molar-refractivity contribution in [2.45, 2.75) is 25.1 Å². The molecule has 1 amide bonds. The molecule has 3 heterocycles. The maximum atomic E-state index is 12.7. The Labute approximate surface area is 153 Å². The fraction of sp³-hybridized carbons (Fsp3) is 0.353. The fourth-order valence-corrected chi connectivity index (χ4v) is 3.10. The highest BCUT2D eigenvalue weighted by Gasteiger charge is 2.32. The Morgan fingerprint density at radius 3 is 2.54 bits per heavy atom. The van der Waals surface area contributed by atoms with E-state index in [2.05, 4.69) is 15.3 Å². The first-order valence-electron chi connectivity index (χ1n) is 8.04. The first kappa shape index (κ1) is 18.4. The number of alkyl halides is 3. The SMILES string of the molecule is O=C(NC1CCN(c2ncc(C(F)(F)F)cc2Cl)CC1)c1ccccn1. The van der Waals surface area contributed by atoms with Crippen molar-refractivity contribution in [1.29, 1.82) is 0 Å². The van der Waals surface area contributed by atoms with Crippen LogP contribution in [0.1, 0.15) is 28.9 Å². The smallest absolute Gasteiger partial charge is 0.355 e. The van der Waals surface area contributed by atoms with Crippen LogP contribution in [0.2, 0.25) is 5.02 Å². The third kappa shape index (κ3) is 4.24. The van der Waals surface area contributed by atoms with Gasteiger partial charge in [-0.2, -0.15) is 13.2 Å². The molecule has 1 fully saturated rings. The molecule has 2 aromatic heterocycles. The number of halogens is 4. The van der Waals surface area contributed by atoms with Crippen molar-refractivity contribution in [3.05, 3.63) is 52.9 Å². The third-order valence-corrected chi connectivity index (χ3v) is 4.45. The van der Waals surface area contributed by atoms with Crippen LogP contribution in [0.15, 0.2) is 36.7 Å². The Morgan fingerprint density at radius 2 is 1.96 bits per heavy atom. The van der Waals surface area contributed by atoms with E-state index in [0.29, 0.717) is 37.4 Å². The second-order valence-corrected chi connectivity index (χ2v) is 6.38. The Kier molecular flexibility index (Phi) is 5.31. The van der Waals surface area contributed by atoms with Crippen LogP contribution in [0.5, 0.6) is 0 Å². The Bertz CT molecular complexity index is 777. The minimum atomic E-state index is -4.47. The summed E-state index contributed by atoms with van der Waals surface area (Å²) in [6.07, 6.45) is -0.862. The van der Waals surface area contributed by atoms with Crippen molar-refractivity contribution >= 4 is 23.3 Å². The summed E-state index contributed by atoms with van der Waals surface area (Å²) in [6, 6.07) is 5.96. The molecule has 3 rings (SSSR count). The minimum absolute atomic E-state index is 0.0317. The van der Waals surface area contributed by atoms with Gasteiger partial charge in [0.05, 0.1) is 10.6 Å². The van der Waals surface area contributed by atoms with Crippen LogP contribution in [-0.2, 0) is 6.18 Å². The lowest BCUT2D eigenvalue weighted by Crippen LogP contribution is -2.45. The number of pyridine rings is 2. The molecule has 1 aliphatic rings. The molecule has 5 nitrogen and oxygen atoms in total. The highest BCUT2D eigenvalue weighted by molar-refractivity contribution is 6.33. The molecular formula is C17H16ClF3N4O. The van der Waals surface area contributed by atoms with E-state index in [0.717, 1.165) is 12.3 Å². The predicted octanol–water partition coefficient (Wildman–Crippen LogP) is 3.55. The number of aromatic nitrogens is 2. The maximum absolute atomic E-state index is 12.7. The number of nitrogens with one attached hydrogen (secondary N) is 1. The van der Waals surface area contributed by atoms with E-state index in [1.165, 1.54) is 0 Å². The second-order valence-electron chi connectivity index (χ2n) is 5.98. The van der Waals surface area contributed by atoms with E-state index in [4.69, 9.17) is 11.6 Å². The van der Waals surface area contributed by atoms with Gasteiger partial charge in [0.25, 0.3) is 5.91 Å². The second kappa shape index (κ2) is 7.49. The van der Waals surface area contributed by atoms with Gasteiger partial charge in [-0.3, -0.25) is 9.78 Å². The molecule has 1 N–H and O–H groups in total. The van der Waals surface area contributed by atoms with Crippen molar-refractivity contribution in [2.75, 3.05) is 18.0 Å². The molecule has 0 spiro atoms. The molecule has 138 valence electrons. The lowest BCUT2D eigenvalue weighted by Gasteiger charge is -2.33. The predicted molar refractivity (Wildman–Crippen MR) is 91.2 cm³/mol. The van der Waals surface area contributed by atoms with Gasteiger partial charge in [0.15, 0.2) is 0 Å². The molecule has 1 saturated heterocycles. The van der Waals surface area contributed by atoms with E-state index in [-0.39, 0.29) is 17.0 Å². The molecule has 0 atom stereocenters. The Balaban J connectivity index is 1.59. The van der Waals surface area contributed by atoms with Crippen molar-refractivity contribution in [3.8, 4) is 0 Å². The first-order valence-corrected chi connectivity index (χ1v) is 8.42. The summed E-state index contributed by atoms with van der Waals surface area (Å²) < 4.78 is 38.1. The van der Waals surface area contributed by atoms with E-state index >= 15 is 0 Å². The van der Waals surface area contributed by atoms with Gasteiger partial charge >= 0.3 is 6.18 Å². The number of rotatable bonds is 3. The fourth-order valence-electron chi connectivity index (χ4n) is 2.81. The van der Waals surface area contributed by atoms with Gasteiger partial charge < -0.3 is 10.2 Å². The average molecular weight is 385 g/mol. The molecule has 9 heteroatoms. The number of hydrogen-bond acceptors (Lipinski definition) is 4. The average Bonchev–Trinajstić information content (AvgIpc) is 2.62. The normalized spacial score (nSPS) is 15.8. The van der Waals surface area contributed by atoms with Crippen LogP contribution in [0, 0.1) is 0 Å². The Hall–Kier alpha value is -2.35. The molecule has 0 aromatic carbocycles. The highest BCUT2D eigenvalue weighted by atomic mass is 35.5. The zero-order chi connectivity index (χ0) is 18.7. The van der Waals surface area contributed by atoms with Crippen LogP contribution >= 0.6 is 11.6 Å². The number of nitrogens with zero attached hydrogens (tertiary/aromatic N) is 3. The molecule has 0 aliphatic carbocycles. The summed E-state index contributed by atoms with van der Waals surface area (Å²) in [5.41, 5.74) is -0.522. The third-order valence-electron chi connectivity index (χ3n) is 4.18. The van der Waals surface area contributed by atoms with E-state index in [9.17, 15) is 18.0 Å². The molecule has 0 bridgehead atoms. The van der Waals surface area contributed by atoms with Gasteiger partial charge in [-0.15, -0.1) is 0 Å². The summed E-state index contributed by atoms with van der Waals surface area (Å²) in [5, 5.41) is 2.89. The Morgan fingerprint density at radius 1 is 1.23 bits per heavy atom. The van der Waals surface area contributed by atoms with Gasteiger partial charge in [0.2, 0.25) is 0 Å². The lowest BCUT2D eigenvalue weighted by atomic mass is 10.0. The van der Waals surface area contributed by atoms with Crippen molar-refractivity contribution in [2.24, 2.45) is 0 Å². The van der Waals surface area contributed by atoms with Gasteiger partial charge in [0.1, 0.15) is 11.5 Å². The number of piperidine rings is 1. The van der Waals surface area contributed by atoms with Gasteiger partial charge in [-0.1, -0.05) is 17.7 Å². The molecule has 0 radical (unpaired) electrons. The molecule has 2 aromatic rings. The monoisotopic (exact) mass is 384 g/mol. The van der Waals surface area contributed by atoms with Crippen LogP contribution in [-0.4, -0.2) is 35.0 Å². The number of carbonyl (C=O) groups is 1. The van der Waals surface area contributed by atoms with Crippen LogP contribution in [0.4, 0.5) is 19.0 Å². The van der Waals surface area contributed by atoms with Crippen LogP contribution in [0.25, 0.3) is 0 Å². The number of carbonyl (C=O) groups excluding carboxylic acids is 1. The minimum Gasteiger partial charge on any atom is -0.355 e. The summed E-state index contributed by atoms with van der Waals surface area (Å²) in [7, 11) is 0. The molecule has 0 unspecified atom stereocenters. The highest BCUT2D eigenvalue weighted by Crippen LogP contribution is 2.34. The van der Waals surface area contributed by atoms with Crippen molar-refractivity contribution in [3.63, 3.8) is 0 Å². The van der Waals surface area contributed by atoms with Crippen LogP contribution in [0.3, 0.4) is 0 Å². The quantitative estimate of drug-likeness (QED) is 0.879. The van der Waals surface area contributed by atoms with E-state index in [1.54, 1.807) is 24.4 Å².